The van der Waals surface area contributed by atoms with Crippen LogP contribution in [0.1, 0.15) is 24.5 Å². The summed E-state index contributed by atoms with van der Waals surface area (Å²) in [6.45, 7) is 3.53. The topological polar surface area (TPSA) is 68.2 Å². The van der Waals surface area contributed by atoms with Gasteiger partial charge >= 0.3 is 12.2 Å². The van der Waals surface area contributed by atoms with Gasteiger partial charge in [0.25, 0.3) is 0 Å². The predicted octanol–water partition coefficient (Wildman–Crippen LogP) is 6.42. The lowest BCUT2D eigenvalue weighted by atomic mass is 10.0. The summed E-state index contributed by atoms with van der Waals surface area (Å²) < 4.78 is 52.5. The second-order valence-electron chi connectivity index (χ2n) is 7.76. The molecule has 0 unspecified atom stereocenters. The predicted molar refractivity (Wildman–Crippen MR) is 128 cm³/mol. The van der Waals surface area contributed by atoms with Crippen molar-refractivity contribution in [3.05, 3.63) is 83.7 Å². The molecule has 0 saturated carbocycles. The van der Waals surface area contributed by atoms with E-state index in [0.717, 1.165) is 30.2 Å². The van der Waals surface area contributed by atoms with Crippen molar-refractivity contribution in [3.8, 4) is 17.2 Å². The third kappa shape index (κ3) is 6.80. The van der Waals surface area contributed by atoms with Gasteiger partial charge in [-0.3, -0.25) is 4.90 Å². The number of amides is 2. The van der Waals surface area contributed by atoms with Crippen LogP contribution in [0.2, 0.25) is 0 Å². The van der Waals surface area contributed by atoms with E-state index in [4.69, 9.17) is 5.26 Å². The molecule has 0 fully saturated rings. The molecule has 2 amide bonds. The van der Waals surface area contributed by atoms with Crippen LogP contribution in [0.15, 0.2) is 66.7 Å². The summed E-state index contributed by atoms with van der Waals surface area (Å²) in [5.74, 6) is -1.46. The average Bonchev–Trinajstić information content (AvgIpc) is 2.83. The lowest BCUT2D eigenvalue weighted by molar-refractivity contribution is -0.139. The highest BCUT2D eigenvalue weighted by Gasteiger charge is 2.34. The molecule has 0 aromatic heterocycles. The zero-order valence-corrected chi connectivity index (χ0v) is 19.0. The third-order valence-corrected chi connectivity index (χ3v) is 5.21. The highest BCUT2D eigenvalue weighted by molar-refractivity contribution is 6.01. The number of halogens is 4. The molecule has 0 spiro atoms. The van der Waals surface area contributed by atoms with Crippen molar-refractivity contribution in [1.82, 2.24) is 5.32 Å². The van der Waals surface area contributed by atoms with Gasteiger partial charge in [0.1, 0.15) is 5.82 Å². The van der Waals surface area contributed by atoms with Crippen LogP contribution in [0.4, 0.5) is 33.7 Å². The number of rotatable bonds is 8. The summed E-state index contributed by atoms with van der Waals surface area (Å²) in [6, 6.07) is 18.0. The molecule has 2 N–H and O–H groups in total. The van der Waals surface area contributed by atoms with Crippen LogP contribution in [0, 0.1) is 17.1 Å². The number of hydrogen-bond donors (Lipinski definition) is 2. The Balaban J connectivity index is 1.82. The number of hydrogen-bond acceptors (Lipinski definition) is 3. The molecule has 3 rings (SSSR count). The van der Waals surface area contributed by atoms with Crippen molar-refractivity contribution >= 4 is 17.4 Å². The second kappa shape index (κ2) is 11.5. The van der Waals surface area contributed by atoms with Crippen molar-refractivity contribution in [3.63, 3.8) is 0 Å². The van der Waals surface area contributed by atoms with E-state index >= 15 is 0 Å². The van der Waals surface area contributed by atoms with Gasteiger partial charge in [-0.25, -0.2) is 9.18 Å². The van der Waals surface area contributed by atoms with Crippen molar-refractivity contribution in [1.29, 1.82) is 5.26 Å². The van der Waals surface area contributed by atoms with Gasteiger partial charge in [-0.2, -0.15) is 18.4 Å². The fraction of sp³-hybridized carbons (Fsp3) is 0.231. The highest BCUT2D eigenvalue weighted by Crippen LogP contribution is 2.32. The smallest absolute Gasteiger partial charge is 0.315 e. The number of nitrogens with one attached hydrogen (secondary N) is 2. The molecule has 3 aromatic carbocycles. The Labute approximate surface area is 201 Å². The van der Waals surface area contributed by atoms with Gasteiger partial charge in [-0.1, -0.05) is 31.2 Å². The van der Waals surface area contributed by atoms with Gasteiger partial charge in [0.05, 0.1) is 17.2 Å². The standard InChI is InChI=1S/C26H24F4N4O/c1-2-12-32-13-14-34(25(35)33-21-8-11-23(24(27)16-21)26(28,29)30)22-9-6-19(7-10-22)20-5-3-4-18(15-20)17-31/h3-11,15-16,32H,2,12-14H2,1H3,(H,33,35). The summed E-state index contributed by atoms with van der Waals surface area (Å²) in [6.07, 6.45) is -3.91. The van der Waals surface area contributed by atoms with Gasteiger partial charge in [-0.05, 0) is 66.6 Å². The van der Waals surface area contributed by atoms with E-state index in [-0.39, 0.29) is 12.2 Å². The van der Waals surface area contributed by atoms with Crippen LogP contribution in [-0.4, -0.2) is 25.7 Å². The molecule has 5 nitrogen and oxygen atoms in total. The minimum absolute atomic E-state index is 0.0862. The minimum atomic E-state index is -4.82. The molecule has 9 heteroatoms. The van der Waals surface area contributed by atoms with Crippen LogP contribution in [0.3, 0.4) is 0 Å². The van der Waals surface area contributed by atoms with E-state index in [1.54, 1.807) is 30.3 Å². The Kier molecular flexibility index (Phi) is 8.44. The van der Waals surface area contributed by atoms with E-state index in [9.17, 15) is 22.4 Å². The van der Waals surface area contributed by atoms with E-state index in [1.165, 1.54) is 4.90 Å². The molecule has 182 valence electrons. The first kappa shape index (κ1) is 25.7. The maximum absolute atomic E-state index is 14.0. The quantitative estimate of drug-likeness (QED) is 0.286. The van der Waals surface area contributed by atoms with Crippen molar-refractivity contribution in [2.24, 2.45) is 0 Å². The van der Waals surface area contributed by atoms with Gasteiger partial charge in [0.15, 0.2) is 0 Å². The molecule has 0 radical (unpaired) electrons. The zero-order chi connectivity index (χ0) is 25.4. The normalized spacial score (nSPS) is 11.1. The minimum Gasteiger partial charge on any atom is -0.315 e. The number of carbonyl (C=O) groups excluding carboxylic acids is 1. The first-order valence-electron chi connectivity index (χ1n) is 11.0. The van der Waals surface area contributed by atoms with E-state index in [2.05, 4.69) is 16.7 Å². The number of benzene rings is 3. The number of alkyl halides is 3. The van der Waals surface area contributed by atoms with Gasteiger partial charge in [0, 0.05) is 24.5 Å². The van der Waals surface area contributed by atoms with Gasteiger partial charge in [0.2, 0.25) is 0 Å². The maximum Gasteiger partial charge on any atom is 0.419 e. The zero-order valence-electron chi connectivity index (χ0n) is 19.0. The van der Waals surface area contributed by atoms with Crippen LogP contribution >= 0.6 is 0 Å². The fourth-order valence-electron chi connectivity index (χ4n) is 3.46. The van der Waals surface area contributed by atoms with Gasteiger partial charge < -0.3 is 10.6 Å². The molecule has 35 heavy (non-hydrogen) atoms. The van der Waals surface area contributed by atoms with Crippen LogP contribution in [-0.2, 0) is 6.18 Å². The van der Waals surface area contributed by atoms with Crippen LogP contribution < -0.4 is 15.5 Å². The molecule has 0 aliphatic heterocycles. The van der Waals surface area contributed by atoms with E-state index in [1.807, 2.05) is 25.1 Å². The highest BCUT2D eigenvalue weighted by atomic mass is 19.4. The Bertz CT molecular complexity index is 1200. The third-order valence-electron chi connectivity index (χ3n) is 5.21. The molecule has 0 heterocycles. The Hall–Kier alpha value is -3.90. The fourth-order valence-corrected chi connectivity index (χ4v) is 3.46. The Morgan fingerprint density at radius 2 is 1.74 bits per heavy atom. The molecule has 0 aliphatic carbocycles. The van der Waals surface area contributed by atoms with Crippen LogP contribution in [0.5, 0.6) is 0 Å². The molecule has 0 atom stereocenters. The molecule has 0 aliphatic rings. The van der Waals surface area contributed by atoms with E-state index < -0.39 is 23.6 Å². The van der Waals surface area contributed by atoms with Crippen LogP contribution in [0.25, 0.3) is 11.1 Å². The number of urea groups is 1. The first-order chi connectivity index (χ1) is 16.7. The molecule has 0 saturated heterocycles. The molecular weight excluding hydrogens is 460 g/mol. The summed E-state index contributed by atoms with van der Waals surface area (Å²) >= 11 is 0. The SMILES string of the molecule is CCCNCCN(C(=O)Nc1ccc(C(F)(F)F)c(F)c1)c1ccc(-c2cccc(C#N)c2)cc1. The molecular formula is C26H24F4N4O. The number of nitrogens with zero attached hydrogens (tertiary/aromatic N) is 2. The lowest BCUT2D eigenvalue weighted by Crippen LogP contribution is -2.40. The van der Waals surface area contributed by atoms with Crippen molar-refractivity contribution in [2.45, 2.75) is 19.5 Å². The largest absolute Gasteiger partial charge is 0.419 e. The Morgan fingerprint density at radius 1 is 1.00 bits per heavy atom. The van der Waals surface area contributed by atoms with E-state index in [0.29, 0.717) is 29.9 Å². The van der Waals surface area contributed by atoms with Crippen molar-refractivity contribution < 1.29 is 22.4 Å². The summed E-state index contributed by atoms with van der Waals surface area (Å²) in [7, 11) is 0. The average molecular weight is 484 g/mol. The van der Waals surface area contributed by atoms with Gasteiger partial charge in [-0.15, -0.1) is 0 Å². The maximum atomic E-state index is 14.0. The van der Waals surface area contributed by atoms with Crippen molar-refractivity contribution in [2.75, 3.05) is 29.9 Å². The number of nitriles is 1. The summed E-state index contributed by atoms with van der Waals surface area (Å²) in [5, 5.41) is 14.8. The summed E-state index contributed by atoms with van der Waals surface area (Å²) in [4.78, 5) is 14.4. The lowest BCUT2D eigenvalue weighted by Gasteiger charge is -2.24. The number of carbonyl (C=O) groups is 1. The summed E-state index contributed by atoms with van der Waals surface area (Å²) in [5.41, 5.74) is 1.28. The monoisotopic (exact) mass is 484 g/mol. The Morgan fingerprint density at radius 3 is 2.37 bits per heavy atom. The first-order valence-corrected chi connectivity index (χ1v) is 11.0. The molecule has 0 bridgehead atoms. The molecule has 3 aromatic rings. The second-order valence-corrected chi connectivity index (χ2v) is 7.76. The number of anilines is 2.